The summed E-state index contributed by atoms with van der Waals surface area (Å²) >= 11 is 12.1. The second kappa shape index (κ2) is 7.94. The zero-order valence-corrected chi connectivity index (χ0v) is 17.4. The van der Waals surface area contributed by atoms with E-state index in [1.165, 1.54) is 0 Å². The summed E-state index contributed by atoms with van der Waals surface area (Å²) < 4.78 is 3.99. The third-order valence-electron chi connectivity index (χ3n) is 5.11. The molecule has 7 heteroatoms. The average Bonchev–Trinajstić information content (AvgIpc) is 3.42. The van der Waals surface area contributed by atoms with E-state index < -0.39 is 0 Å². The van der Waals surface area contributed by atoms with Crippen molar-refractivity contribution >= 4 is 34.2 Å². The molecule has 0 radical (unpaired) electrons. The van der Waals surface area contributed by atoms with Gasteiger partial charge in [-0.2, -0.15) is 0 Å². The number of aromatic nitrogens is 5. The molecule has 0 aliphatic carbocycles. The number of imidazole rings is 1. The summed E-state index contributed by atoms with van der Waals surface area (Å²) in [5.74, 6) is 0. The Balaban J connectivity index is 1.58. The number of hydrogen-bond acceptors (Lipinski definition) is 3. The molecule has 5 aromatic rings. The summed E-state index contributed by atoms with van der Waals surface area (Å²) in [6, 6.07) is 21.9. The number of halogens is 2. The van der Waals surface area contributed by atoms with E-state index in [-0.39, 0.29) is 6.04 Å². The highest BCUT2D eigenvalue weighted by Crippen LogP contribution is 2.29. The topological polar surface area (TPSA) is 48.5 Å². The molecule has 0 saturated heterocycles. The van der Waals surface area contributed by atoms with Gasteiger partial charge in [-0.1, -0.05) is 58.7 Å². The van der Waals surface area contributed by atoms with Crippen LogP contribution in [0.1, 0.15) is 22.7 Å². The van der Waals surface area contributed by atoms with E-state index >= 15 is 0 Å². The third-order valence-corrected chi connectivity index (χ3v) is 5.61. The molecule has 5 rings (SSSR count). The minimum Gasteiger partial charge on any atom is -0.326 e. The highest BCUT2D eigenvalue weighted by Gasteiger charge is 2.18. The van der Waals surface area contributed by atoms with Crippen molar-refractivity contribution in [2.75, 3.05) is 0 Å². The number of rotatable bonds is 5. The molecular formula is C23H17Cl2N5. The molecule has 148 valence electrons. The van der Waals surface area contributed by atoms with Gasteiger partial charge in [0.25, 0.3) is 0 Å². The van der Waals surface area contributed by atoms with Crippen molar-refractivity contribution in [2.45, 2.75) is 12.6 Å². The first-order valence-corrected chi connectivity index (χ1v) is 10.2. The second-order valence-electron chi connectivity index (χ2n) is 7.09. The maximum Gasteiger partial charge on any atom is 0.113 e. The van der Waals surface area contributed by atoms with Gasteiger partial charge in [-0.15, -0.1) is 5.10 Å². The van der Waals surface area contributed by atoms with Gasteiger partial charge in [0.15, 0.2) is 0 Å². The van der Waals surface area contributed by atoms with Gasteiger partial charge in [0.1, 0.15) is 5.52 Å². The Kier molecular flexibility index (Phi) is 4.99. The van der Waals surface area contributed by atoms with Crippen molar-refractivity contribution in [3.8, 4) is 0 Å². The van der Waals surface area contributed by atoms with Crippen molar-refractivity contribution in [3.05, 3.63) is 112 Å². The van der Waals surface area contributed by atoms with Crippen LogP contribution in [0.3, 0.4) is 0 Å². The molecule has 2 heterocycles. The van der Waals surface area contributed by atoms with Crippen LogP contribution in [-0.2, 0) is 6.54 Å². The molecule has 3 aromatic carbocycles. The molecule has 0 amide bonds. The zero-order chi connectivity index (χ0) is 20.5. The number of nitrogens with zero attached hydrogens (tertiary/aromatic N) is 5. The number of fused-ring (bicyclic) bond motifs is 1. The first-order valence-electron chi connectivity index (χ1n) is 9.48. The van der Waals surface area contributed by atoms with E-state index in [4.69, 9.17) is 23.2 Å². The van der Waals surface area contributed by atoms with Gasteiger partial charge in [0.2, 0.25) is 0 Å². The van der Waals surface area contributed by atoms with Crippen molar-refractivity contribution < 1.29 is 0 Å². The van der Waals surface area contributed by atoms with E-state index in [0.29, 0.717) is 11.6 Å². The summed E-state index contributed by atoms with van der Waals surface area (Å²) in [6.07, 6.45) is 5.58. The van der Waals surface area contributed by atoms with Crippen LogP contribution < -0.4 is 0 Å². The maximum absolute atomic E-state index is 6.11. The average molecular weight is 434 g/mol. The quantitative estimate of drug-likeness (QED) is 0.361. The predicted molar refractivity (Wildman–Crippen MR) is 119 cm³/mol. The van der Waals surface area contributed by atoms with E-state index in [1.54, 1.807) is 6.20 Å². The molecule has 0 saturated carbocycles. The molecule has 30 heavy (non-hydrogen) atoms. The first kappa shape index (κ1) is 18.9. The van der Waals surface area contributed by atoms with Gasteiger partial charge in [-0.3, -0.25) is 0 Å². The normalized spacial score (nSPS) is 12.3. The Hall–Kier alpha value is -3.15. The molecule has 0 N–H and O–H groups in total. The zero-order valence-electron chi connectivity index (χ0n) is 15.9. The van der Waals surface area contributed by atoms with E-state index in [2.05, 4.69) is 32.0 Å². The summed E-state index contributed by atoms with van der Waals surface area (Å²) in [6.45, 7) is 0.619. The summed E-state index contributed by atoms with van der Waals surface area (Å²) in [5, 5.41) is 10.1. The van der Waals surface area contributed by atoms with Crippen molar-refractivity contribution in [1.82, 2.24) is 24.5 Å². The summed E-state index contributed by atoms with van der Waals surface area (Å²) in [5.41, 5.74) is 5.17. The maximum atomic E-state index is 6.11. The second-order valence-corrected chi connectivity index (χ2v) is 7.96. The predicted octanol–water partition coefficient (Wildman–Crippen LogP) is 5.62. The molecule has 0 spiro atoms. The number of hydrogen-bond donors (Lipinski definition) is 0. The van der Waals surface area contributed by atoms with Gasteiger partial charge in [-0.05, 0) is 53.1 Å². The molecular weight excluding hydrogens is 417 g/mol. The fourth-order valence-electron chi connectivity index (χ4n) is 3.64. The monoisotopic (exact) mass is 433 g/mol. The molecule has 0 aliphatic heterocycles. The lowest BCUT2D eigenvalue weighted by Gasteiger charge is -2.20. The highest BCUT2D eigenvalue weighted by atomic mass is 35.5. The van der Waals surface area contributed by atoms with Crippen molar-refractivity contribution in [2.24, 2.45) is 0 Å². The van der Waals surface area contributed by atoms with Crippen molar-refractivity contribution in [3.63, 3.8) is 0 Å². The summed E-state index contributed by atoms with van der Waals surface area (Å²) in [7, 11) is 0. The Morgan fingerprint density at radius 3 is 2.23 bits per heavy atom. The van der Waals surface area contributed by atoms with Gasteiger partial charge in [-0.25, -0.2) is 9.67 Å². The Morgan fingerprint density at radius 2 is 1.53 bits per heavy atom. The Bertz CT molecular complexity index is 1280. The lowest BCUT2D eigenvalue weighted by molar-refractivity contribution is 0.664. The van der Waals surface area contributed by atoms with E-state index in [9.17, 15) is 0 Å². The molecule has 0 bridgehead atoms. The van der Waals surface area contributed by atoms with Crippen molar-refractivity contribution in [1.29, 1.82) is 0 Å². The van der Waals surface area contributed by atoms with Crippen LogP contribution in [0.5, 0.6) is 0 Å². The lowest BCUT2D eigenvalue weighted by Crippen LogP contribution is -2.11. The first-order chi connectivity index (χ1) is 14.7. The molecule has 1 unspecified atom stereocenters. The fraction of sp³-hybridized carbons (Fsp3) is 0.0870. The minimum atomic E-state index is -0.0342. The molecule has 1 atom stereocenters. The van der Waals surface area contributed by atoms with Crippen LogP contribution in [0.15, 0.2) is 85.5 Å². The third kappa shape index (κ3) is 3.70. The van der Waals surface area contributed by atoms with Crippen LogP contribution in [0, 0.1) is 0 Å². The van der Waals surface area contributed by atoms with Crippen LogP contribution in [-0.4, -0.2) is 24.5 Å². The highest BCUT2D eigenvalue weighted by molar-refractivity contribution is 6.30. The van der Waals surface area contributed by atoms with Crippen LogP contribution >= 0.6 is 23.2 Å². The SMILES string of the molecule is Clc1ccc(Cn2nnc3ccc(C(c4ccc(Cl)cc4)n4ccnc4)cc32)cc1. The molecule has 0 fully saturated rings. The van der Waals surface area contributed by atoms with Gasteiger partial charge in [0, 0.05) is 22.4 Å². The van der Waals surface area contributed by atoms with Crippen LogP contribution in [0.2, 0.25) is 10.0 Å². The Labute approximate surface area is 183 Å². The lowest BCUT2D eigenvalue weighted by atomic mass is 9.98. The standard InChI is InChI=1S/C23H17Cl2N5/c24-19-6-1-16(2-7-19)14-30-22-13-18(5-10-21(22)27-28-30)23(29-12-11-26-15-29)17-3-8-20(25)9-4-17/h1-13,15,23H,14H2. The number of benzene rings is 3. The fourth-order valence-corrected chi connectivity index (χ4v) is 3.89. The van der Waals surface area contributed by atoms with Crippen LogP contribution in [0.4, 0.5) is 0 Å². The van der Waals surface area contributed by atoms with Gasteiger partial charge >= 0.3 is 0 Å². The summed E-state index contributed by atoms with van der Waals surface area (Å²) in [4.78, 5) is 4.24. The van der Waals surface area contributed by atoms with E-state index in [0.717, 1.165) is 32.7 Å². The smallest absolute Gasteiger partial charge is 0.113 e. The van der Waals surface area contributed by atoms with Gasteiger partial charge in [0.05, 0.1) is 24.4 Å². The Morgan fingerprint density at radius 1 is 0.833 bits per heavy atom. The molecule has 0 aliphatic rings. The molecule has 5 nitrogen and oxygen atoms in total. The van der Waals surface area contributed by atoms with E-state index in [1.807, 2.05) is 71.8 Å². The van der Waals surface area contributed by atoms with Crippen LogP contribution in [0.25, 0.3) is 11.0 Å². The van der Waals surface area contributed by atoms with Gasteiger partial charge < -0.3 is 4.57 Å². The minimum absolute atomic E-state index is 0.0342. The largest absolute Gasteiger partial charge is 0.326 e. The molecule has 2 aromatic heterocycles.